The molecule has 2 aromatic rings. The summed E-state index contributed by atoms with van der Waals surface area (Å²) in [6.45, 7) is 2.30. The third-order valence-corrected chi connectivity index (χ3v) is 5.09. The van der Waals surface area contributed by atoms with E-state index >= 15 is 0 Å². The van der Waals surface area contributed by atoms with E-state index in [1.54, 1.807) is 43.5 Å². The molecule has 1 fully saturated rings. The fourth-order valence-corrected chi connectivity index (χ4v) is 3.67. The maximum Gasteiger partial charge on any atom is 0.295 e. The zero-order chi connectivity index (χ0) is 21.1. The minimum Gasteiger partial charge on any atom is -0.507 e. The van der Waals surface area contributed by atoms with Crippen molar-refractivity contribution in [3.05, 3.63) is 64.2 Å². The maximum absolute atomic E-state index is 12.9. The van der Waals surface area contributed by atoms with Crippen LogP contribution in [0.5, 0.6) is 11.5 Å². The summed E-state index contributed by atoms with van der Waals surface area (Å²) >= 11 is 6.09. The molecule has 3 rings (SSSR count). The first kappa shape index (κ1) is 20.7. The second-order valence-electron chi connectivity index (χ2n) is 6.61. The number of benzene rings is 2. The van der Waals surface area contributed by atoms with Gasteiger partial charge in [-0.1, -0.05) is 30.7 Å². The van der Waals surface area contributed by atoms with Crippen LogP contribution in [0.15, 0.2) is 48.0 Å². The number of rotatable bonds is 6. The van der Waals surface area contributed by atoms with Crippen molar-refractivity contribution in [2.45, 2.75) is 19.4 Å². The SMILES string of the molecule is CCCN1C(=O)C(=O)/C(=C(/O)c2cc(Cl)ccc2OC)C1c1ccc(OC)cc1. The Morgan fingerprint density at radius 2 is 1.79 bits per heavy atom. The van der Waals surface area contributed by atoms with Gasteiger partial charge in [-0.25, -0.2) is 0 Å². The number of nitrogens with zero attached hydrogens (tertiary/aromatic N) is 1. The molecule has 0 bridgehead atoms. The van der Waals surface area contributed by atoms with E-state index in [0.29, 0.717) is 35.1 Å². The van der Waals surface area contributed by atoms with Crippen LogP contribution in [0.3, 0.4) is 0 Å². The summed E-state index contributed by atoms with van der Waals surface area (Å²) in [5.74, 6) is -0.698. The van der Waals surface area contributed by atoms with Crippen molar-refractivity contribution in [2.24, 2.45) is 0 Å². The van der Waals surface area contributed by atoms with Crippen LogP contribution in [0.2, 0.25) is 5.02 Å². The minimum atomic E-state index is -0.737. The van der Waals surface area contributed by atoms with Crippen LogP contribution in [0.25, 0.3) is 5.76 Å². The monoisotopic (exact) mass is 415 g/mol. The number of hydrogen-bond acceptors (Lipinski definition) is 5. The fraction of sp³-hybridized carbons (Fsp3) is 0.273. The number of halogens is 1. The molecule has 1 saturated heterocycles. The van der Waals surface area contributed by atoms with E-state index in [0.717, 1.165) is 0 Å². The van der Waals surface area contributed by atoms with Gasteiger partial charge < -0.3 is 19.5 Å². The molecule has 29 heavy (non-hydrogen) atoms. The molecular formula is C22H22ClNO5. The molecule has 1 amide bonds. The third-order valence-electron chi connectivity index (χ3n) is 4.85. The number of carbonyl (C=O) groups excluding carboxylic acids is 2. The zero-order valence-corrected chi connectivity index (χ0v) is 17.2. The highest BCUT2D eigenvalue weighted by Crippen LogP contribution is 2.41. The van der Waals surface area contributed by atoms with Gasteiger partial charge in [0.25, 0.3) is 11.7 Å². The molecule has 0 aromatic heterocycles. The summed E-state index contributed by atoms with van der Waals surface area (Å²) in [5.41, 5.74) is 0.961. The summed E-state index contributed by atoms with van der Waals surface area (Å²) in [6, 6.07) is 11.1. The van der Waals surface area contributed by atoms with Gasteiger partial charge in [-0.3, -0.25) is 9.59 Å². The van der Waals surface area contributed by atoms with E-state index in [4.69, 9.17) is 21.1 Å². The van der Waals surface area contributed by atoms with Crippen LogP contribution < -0.4 is 9.47 Å². The number of aliphatic hydroxyl groups is 1. The summed E-state index contributed by atoms with van der Waals surface area (Å²) in [5, 5.41) is 11.5. The molecule has 1 atom stereocenters. The number of aliphatic hydroxyl groups excluding tert-OH is 1. The first-order valence-electron chi connectivity index (χ1n) is 9.19. The molecule has 1 aliphatic rings. The van der Waals surface area contributed by atoms with Gasteiger partial charge >= 0.3 is 0 Å². The second kappa shape index (κ2) is 8.57. The Labute approximate surface area is 174 Å². The van der Waals surface area contributed by atoms with Crippen molar-refractivity contribution in [1.29, 1.82) is 0 Å². The number of ether oxygens (including phenoxy) is 2. The number of methoxy groups -OCH3 is 2. The molecule has 1 aliphatic heterocycles. The van der Waals surface area contributed by atoms with Crippen LogP contribution >= 0.6 is 11.6 Å². The molecule has 6 nitrogen and oxygen atoms in total. The van der Waals surface area contributed by atoms with E-state index in [-0.39, 0.29) is 16.9 Å². The van der Waals surface area contributed by atoms with Gasteiger partial charge in [-0.15, -0.1) is 0 Å². The number of carbonyl (C=O) groups is 2. The third kappa shape index (κ3) is 3.80. The maximum atomic E-state index is 12.9. The molecule has 2 aromatic carbocycles. The summed E-state index contributed by atoms with van der Waals surface area (Å²) in [7, 11) is 3.01. The van der Waals surface area contributed by atoms with Gasteiger partial charge in [0.2, 0.25) is 0 Å². The van der Waals surface area contributed by atoms with Crippen LogP contribution in [-0.4, -0.2) is 42.5 Å². The van der Waals surface area contributed by atoms with E-state index in [2.05, 4.69) is 0 Å². The number of likely N-dealkylation sites (tertiary alicyclic amines) is 1. The van der Waals surface area contributed by atoms with Crippen LogP contribution in [0.4, 0.5) is 0 Å². The molecule has 7 heteroatoms. The molecule has 1 unspecified atom stereocenters. The Hall–Kier alpha value is -2.99. The highest BCUT2D eigenvalue weighted by atomic mass is 35.5. The van der Waals surface area contributed by atoms with Crippen LogP contribution in [-0.2, 0) is 9.59 Å². The first-order valence-corrected chi connectivity index (χ1v) is 9.57. The van der Waals surface area contributed by atoms with Gasteiger partial charge in [0.15, 0.2) is 0 Å². The standard InChI is InChI=1S/C22H22ClNO5/c1-4-11-24-19(13-5-8-15(28-2)9-6-13)18(21(26)22(24)27)20(25)16-12-14(23)7-10-17(16)29-3/h5-10,12,19,25H,4,11H2,1-3H3/b20-18+. The minimum absolute atomic E-state index is 0.00850. The smallest absolute Gasteiger partial charge is 0.295 e. The predicted molar refractivity (Wildman–Crippen MR) is 110 cm³/mol. The van der Waals surface area contributed by atoms with Gasteiger partial charge in [-0.2, -0.15) is 0 Å². The Morgan fingerprint density at radius 3 is 2.38 bits per heavy atom. The lowest BCUT2D eigenvalue weighted by Crippen LogP contribution is -2.30. The second-order valence-corrected chi connectivity index (χ2v) is 7.05. The lowest BCUT2D eigenvalue weighted by molar-refractivity contribution is -0.139. The van der Waals surface area contributed by atoms with E-state index in [1.807, 2.05) is 6.92 Å². The average molecular weight is 416 g/mol. The topological polar surface area (TPSA) is 76.1 Å². The van der Waals surface area contributed by atoms with Crippen molar-refractivity contribution >= 4 is 29.1 Å². The molecule has 1 N–H and O–H groups in total. The largest absolute Gasteiger partial charge is 0.507 e. The molecule has 0 saturated carbocycles. The molecule has 0 aliphatic carbocycles. The van der Waals surface area contributed by atoms with E-state index in [1.165, 1.54) is 18.1 Å². The first-order chi connectivity index (χ1) is 13.9. The van der Waals surface area contributed by atoms with Crippen molar-refractivity contribution in [1.82, 2.24) is 4.90 Å². The molecule has 152 valence electrons. The van der Waals surface area contributed by atoms with Crippen LogP contribution in [0, 0.1) is 0 Å². The molecule has 0 spiro atoms. The molecular weight excluding hydrogens is 394 g/mol. The Balaban J connectivity index is 2.22. The Bertz CT molecular complexity index is 968. The van der Waals surface area contributed by atoms with E-state index < -0.39 is 17.7 Å². The number of Topliss-reactive ketones (excluding diaryl/α,β-unsaturated/α-hetero) is 1. The lowest BCUT2D eigenvalue weighted by atomic mass is 9.95. The van der Waals surface area contributed by atoms with E-state index in [9.17, 15) is 14.7 Å². The zero-order valence-electron chi connectivity index (χ0n) is 16.4. The number of ketones is 1. The van der Waals surface area contributed by atoms with Crippen molar-refractivity contribution in [2.75, 3.05) is 20.8 Å². The van der Waals surface area contributed by atoms with Gasteiger partial charge in [0.05, 0.1) is 31.4 Å². The number of hydrogen-bond donors (Lipinski definition) is 1. The number of amides is 1. The average Bonchev–Trinajstić information content (AvgIpc) is 2.98. The normalized spacial score (nSPS) is 18.2. The Morgan fingerprint density at radius 1 is 1.10 bits per heavy atom. The molecule has 0 radical (unpaired) electrons. The quantitative estimate of drug-likeness (QED) is 0.435. The van der Waals surface area contributed by atoms with Gasteiger partial charge in [0, 0.05) is 11.6 Å². The van der Waals surface area contributed by atoms with Crippen LogP contribution in [0.1, 0.15) is 30.5 Å². The van der Waals surface area contributed by atoms with Gasteiger partial charge in [0.1, 0.15) is 17.3 Å². The Kier molecular flexibility index (Phi) is 6.13. The van der Waals surface area contributed by atoms with Gasteiger partial charge in [-0.05, 0) is 42.3 Å². The van der Waals surface area contributed by atoms with Crippen molar-refractivity contribution in [3.63, 3.8) is 0 Å². The highest BCUT2D eigenvalue weighted by molar-refractivity contribution is 6.46. The molecule has 1 heterocycles. The van der Waals surface area contributed by atoms with Crippen molar-refractivity contribution < 1.29 is 24.2 Å². The highest BCUT2D eigenvalue weighted by Gasteiger charge is 2.45. The summed E-state index contributed by atoms with van der Waals surface area (Å²) < 4.78 is 10.5. The lowest BCUT2D eigenvalue weighted by Gasteiger charge is -2.25. The summed E-state index contributed by atoms with van der Waals surface area (Å²) in [6.07, 6.45) is 0.667. The fourth-order valence-electron chi connectivity index (χ4n) is 3.49. The predicted octanol–water partition coefficient (Wildman–Crippen LogP) is 4.19. The van der Waals surface area contributed by atoms with Crippen molar-refractivity contribution in [3.8, 4) is 11.5 Å². The summed E-state index contributed by atoms with van der Waals surface area (Å²) in [4.78, 5) is 27.1.